The van der Waals surface area contributed by atoms with E-state index >= 15 is 0 Å². The molecule has 0 fully saturated rings. The Hall–Kier alpha value is -2.41. The number of halogens is 1. The number of hydrogen-bond acceptors (Lipinski definition) is 4. The average Bonchev–Trinajstić information content (AvgIpc) is 3.01. The third-order valence-corrected chi connectivity index (χ3v) is 3.59. The minimum atomic E-state index is -1.06. The number of unbranched alkanes of at least 4 members (excludes halogenated alkanes) is 1. The number of carbonyl (C=O) groups excluding carboxylic acids is 1. The molecule has 7 nitrogen and oxygen atoms in total. The van der Waals surface area contributed by atoms with Gasteiger partial charge in [0.05, 0.1) is 16.9 Å². The summed E-state index contributed by atoms with van der Waals surface area (Å²) in [6, 6.07) is 6.06. The van der Waals surface area contributed by atoms with Crippen molar-refractivity contribution >= 4 is 23.5 Å². The highest BCUT2D eigenvalue weighted by molar-refractivity contribution is 6.32. The SMILES string of the molecule is CCCCC(NC(=O)c1cn(-c2ccccc2Cl)nn1)C(=O)O. The number of rotatable bonds is 7. The van der Waals surface area contributed by atoms with Crippen LogP contribution in [0.15, 0.2) is 30.5 Å². The number of carboxylic acid groups (broad SMARTS) is 1. The number of nitrogens with one attached hydrogen (secondary N) is 1. The first-order chi connectivity index (χ1) is 11.0. The van der Waals surface area contributed by atoms with Gasteiger partial charge in [-0.05, 0) is 18.6 Å². The monoisotopic (exact) mass is 336 g/mol. The van der Waals surface area contributed by atoms with Crippen LogP contribution < -0.4 is 5.32 Å². The number of aromatic nitrogens is 3. The summed E-state index contributed by atoms with van der Waals surface area (Å²) >= 11 is 6.06. The maximum Gasteiger partial charge on any atom is 0.326 e. The number of amides is 1. The number of hydrogen-bond donors (Lipinski definition) is 2. The van der Waals surface area contributed by atoms with Crippen LogP contribution in [0.2, 0.25) is 5.02 Å². The summed E-state index contributed by atoms with van der Waals surface area (Å²) in [6.45, 7) is 1.95. The second-order valence-corrected chi connectivity index (χ2v) is 5.41. The summed E-state index contributed by atoms with van der Waals surface area (Å²) in [5.74, 6) is -1.64. The Labute approximate surface area is 138 Å². The molecule has 0 saturated heterocycles. The molecule has 1 amide bonds. The Bertz CT molecular complexity index is 702. The molecule has 0 radical (unpaired) electrons. The molecule has 122 valence electrons. The van der Waals surface area contributed by atoms with E-state index < -0.39 is 17.9 Å². The summed E-state index contributed by atoms with van der Waals surface area (Å²) < 4.78 is 1.37. The third-order valence-electron chi connectivity index (χ3n) is 3.28. The van der Waals surface area contributed by atoms with Gasteiger partial charge < -0.3 is 10.4 Å². The fraction of sp³-hybridized carbons (Fsp3) is 0.333. The molecule has 1 aromatic carbocycles. The van der Waals surface area contributed by atoms with Gasteiger partial charge in [-0.15, -0.1) is 5.10 Å². The lowest BCUT2D eigenvalue weighted by atomic mass is 10.1. The molecule has 2 aromatic rings. The van der Waals surface area contributed by atoms with Crippen molar-refractivity contribution in [2.24, 2.45) is 0 Å². The summed E-state index contributed by atoms with van der Waals surface area (Å²) in [5, 5.41) is 19.7. The predicted molar refractivity (Wildman–Crippen MR) is 84.8 cm³/mol. The Morgan fingerprint density at radius 3 is 2.78 bits per heavy atom. The van der Waals surface area contributed by atoms with Gasteiger partial charge in [-0.1, -0.05) is 48.7 Å². The van der Waals surface area contributed by atoms with E-state index in [0.717, 1.165) is 6.42 Å². The van der Waals surface area contributed by atoms with Gasteiger partial charge >= 0.3 is 5.97 Å². The Kier molecular flexibility index (Phi) is 5.70. The van der Waals surface area contributed by atoms with Crippen molar-refractivity contribution in [2.45, 2.75) is 32.2 Å². The summed E-state index contributed by atoms with van der Waals surface area (Å²) in [4.78, 5) is 23.3. The molecule has 2 rings (SSSR count). The summed E-state index contributed by atoms with van der Waals surface area (Å²) in [7, 11) is 0. The molecule has 1 unspecified atom stereocenters. The highest BCUT2D eigenvalue weighted by atomic mass is 35.5. The highest BCUT2D eigenvalue weighted by Crippen LogP contribution is 2.18. The Balaban J connectivity index is 2.12. The van der Waals surface area contributed by atoms with Gasteiger partial charge in [-0.25, -0.2) is 9.48 Å². The van der Waals surface area contributed by atoms with Gasteiger partial charge in [-0.3, -0.25) is 4.79 Å². The van der Waals surface area contributed by atoms with E-state index in [1.165, 1.54) is 10.9 Å². The molecule has 0 bridgehead atoms. The van der Waals surface area contributed by atoms with Gasteiger partial charge in [0.2, 0.25) is 0 Å². The van der Waals surface area contributed by atoms with Crippen molar-refractivity contribution in [3.63, 3.8) is 0 Å². The first-order valence-corrected chi connectivity index (χ1v) is 7.61. The van der Waals surface area contributed by atoms with Crippen LogP contribution in [-0.4, -0.2) is 38.0 Å². The molecule has 1 atom stereocenters. The van der Waals surface area contributed by atoms with Gasteiger partial charge in [0.15, 0.2) is 5.69 Å². The zero-order valence-electron chi connectivity index (χ0n) is 12.6. The van der Waals surface area contributed by atoms with Gasteiger partial charge in [0, 0.05) is 0 Å². The third kappa shape index (κ3) is 4.29. The van der Waals surface area contributed by atoms with Crippen LogP contribution in [0.3, 0.4) is 0 Å². The minimum absolute atomic E-state index is 0.0349. The van der Waals surface area contributed by atoms with E-state index in [1.54, 1.807) is 24.3 Å². The van der Waals surface area contributed by atoms with E-state index in [-0.39, 0.29) is 5.69 Å². The average molecular weight is 337 g/mol. The predicted octanol–water partition coefficient (Wildman–Crippen LogP) is 2.29. The normalized spacial score (nSPS) is 11.9. The molecule has 1 heterocycles. The maximum absolute atomic E-state index is 12.1. The number of aliphatic carboxylic acids is 1. The van der Waals surface area contributed by atoms with Crippen molar-refractivity contribution in [3.8, 4) is 5.69 Å². The van der Waals surface area contributed by atoms with Crippen LogP contribution >= 0.6 is 11.6 Å². The van der Waals surface area contributed by atoms with E-state index in [4.69, 9.17) is 16.7 Å². The zero-order valence-corrected chi connectivity index (χ0v) is 13.3. The van der Waals surface area contributed by atoms with Crippen LogP contribution in [0.5, 0.6) is 0 Å². The van der Waals surface area contributed by atoms with Crippen molar-refractivity contribution < 1.29 is 14.7 Å². The van der Waals surface area contributed by atoms with Crippen LogP contribution in [0, 0.1) is 0 Å². The topological polar surface area (TPSA) is 97.1 Å². The van der Waals surface area contributed by atoms with E-state index in [9.17, 15) is 9.59 Å². The lowest BCUT2D eigenvalue weighted by Gasteiger charge is -2.12. The van der Waals surface area contributed by atoms with Crippen LogP contribution in [-0.2, 0) is 4.79 Å². The van der Waals surface area contributed by atoms with Crippen molar-refractivity contribution in [3.05, 3.63) is 41.2 Å². The molecular formula is C15H17ClN4O3. The number of carbonyl (C=O) groups is 2. The number of benzene rings is 1. The molecule has 0 aliphatic carbocycles. The quantitative estimate of drug-likeness (QED) is 0.808. The van der Waals surface area contributed by atoms with Crippen molar-refractivity contribution in [1.29, 1.82) is 0 Å². The number of nitrogens with zero attached hydrogens (tertiary/aromatic N) is 3. The standard InChI is InChI=1S/C15H17ClN4O3/c1-2-3-7-11(15(22)23)17-14(21)12-9-20(19-18-12)13-8-5-4-6-10(13)16/h4-6,8-9,11H,2-3,7H2,1H3,(H,17,21)(H,22,23). The molecule has 0 aliphatic heterocycles. The molecular weight excluding hydrogens is 320 g/mol. The molecule has 0 saturated carbocycles. The Morgan fingerprint density at radius 1 is 1.39 bits per heavy atom. The van der Waals surface area contributed by atoms with Gasteiger partial charge in [0.1, 0.15) is 6.04 Å². The Morgan fingerprint density at radius 2 is 2.13 bits per heavy atom. The lowest BCUT2D eigenvalue weighted by Crippen LogP contribution is -2.40. The largest absolute Gasteiger partial charge is 0.480 e. The smallest absolute Gasteiger partial charge is 0.326 e. The van der Waals surface area contributed by atoms with Crippen LogP contribution in [0.25, 0.3) is 5.69 Å². The minimum Gasteiger partial charge on any atom is -0.480 e. The number of carboxylic acids is 1. The maximum atomic E-state index is 12.1. The molecule has 0 spiro atoms. The van der Waals surface area contributed by atoms with Crippen molar-refractivity contribution in [1.82, 2.24) is 20.3 Å². The summed E-state index contributed by atoms with van der Waals surface area (Å²) in [5.41, 5.74) is 0.620. The van der Waals surface area contributed by atoms with E-state index in [2.05, 4.69) is 15.6 Å². The van der Waals surface area contributed by atoms with Crippen molar-refractivity contribution in [2.75, 3.05) is 0 Å². The molecule has 0 aliphatic rings. The fourth-order valence-corrected chi connectivity index (χ4v) is 2.24. The molecule has 8 heteroatoms. The van der Waals surface area contributed by atoms with Crippen LogP contribution in [0.4, 0.5) is 0 Å². The first-order valence-electron chi connectivity index (χ1n) is 7.23. The van der Waals surface area contributed by atoms with E-state index in [0.29, 0.717) is 23.6 Å². The second kappa shape index (κ2) is 7.73. The lowest BCUT2D eigenvalue weighted by molar-refractivity contribution is -0.139. The van der Waals surface area contributed by atoms with Crippen LogP contribution in [0.1, 0.15) is 36.7 Å². The fourth-order valence-electron chi connectivity index (χ4n) is 2.02. The number of para-hydroxylation sites is 1. The zero-order chi connectivity index (χ0) is 16.8. The first kappa shape index (κ1) is 17.0. The van der Waals surface area contributed by atoms with Gasteiger partial charge in [-0.2, -0.15) is 0 Å². The summed E-state index contributed by atoms with van der Waals surface area (Å²) in [6.07, 6.45) is 3.34. The van der Waals surface area contributed by atoms with E-state index in [1.807, 2.05) is 6.92 Å². The molecule has 23 heavy (non-hydrogen) atoms. The highest BCUT2D eigenvalue weighted by Gasteiger charge is 2.22. The molecule has 2 N–H and O–H groups in total. The molecule has 1 aromatic heterocycles. The second-order valence-electron chi connectivity index (χ2n) is 5.01. The van der Waals surface area contributed by atoms with Gasteiger partial charge in [0.25, 0.3) is 5.91 Å².